The summed E-state index contributed by atoms with van der Waals surface area (Å²) in [7, 11) is 1.88. The predicted octanol–water partition coefficient (Wildman–Crippen LogP) is 4.47. The summed E-state index contributed by atoms with van der Waals surface area (Å²) < 4.78 is 24.5. The molecule has 0 aliphatic rings. The fraction of sp³-hybridized carbons (Fsp3) is 0.182. The molecule has 0 fully saturated rings. The van der Waals surface area contributed by atoms with Crippen molar-refractivity contribution in [1.29, 1.82) is 0 Å². The van der Waals surface area contributed by atoms with Crippen LogP contribution in [-0.4, -0.2) is 49.7 Å². The molecule has 13 nitrogen and oxygen atoms in total. The van der Waals surface area contributed by atoms with Gasteiger partial charge in [0, 0.05) is 43.2 Å². The van der Waals surface area contributed by atoms with Gasteiger partial charge in [-0.25, -0.2) is 14.4 Å². The second kappa shape index (κ2) is 13.1. The van der Waals surface area contributed by atoms with Crippen molar-refractivity contribution in [2.24, 2.45) is 7.05 Å². The first kappa shape index (κ1) is 29.8. The zero-order valence-corrected chi connectivity index (χ0v) is 24.9. The van der Waals surface area contributed by atoms with Crippen LogP contribution in [0.3, 0.4) is 0 Å². The van der Waals surface area contributed by atoms with Crippen LogP contribution in [0, 0.1) is 12.1 Å². The molecule has 13 heteroatoms. The lowest BCUT2D eigenvalue weighted by molar-refractivity contribution is -0.00224. The monoisotopic (exact) mass is 620 g/mol. The van der Waals surface area contributed by atoms with E-state index in [-0.39, 0.29) is 17.9 Å². The summed E-state index contributed by atoms with van der Waals surface area (Å²) in [6.07, 6.45) is 3.02. The van der Waals surface area contributed by atoms with Crippen LogP contribution in [0.5, 0.6) is 6.01 Å². The van der Waals surface area contributed by atoms with Gasteiger partial charge < -0.3 is 24.1 Å². The number of aromatic nitrogens is 5. The Morgan fingerprint density at radius 3 is 2.54 bits per heavy atom. The number of carbonyl (C=O) groups is 2. The number of benzene rings is 2. The average Bonchev–Trinajstić information content (AvgIpc) is 3.79. The minimum absolute atomic E-state index is 0.239. The van der Waals surface area contributed by atoms with E-state index in [2.05, 4.69) is 37.1 Å². The molecule has 232 valence electrons. The van der Waals surface area contributed by atoms with Crippen LogP contribution in [0.4, 0.5) is 4.79 Å². The van der Waals surface area contributed by atoms with Crippen LogP contribution in [-0.2, 0) is 29.6 Å². The van der Waals surface area contributed by atoms with Crippen molar-refractivity contribution in [3.8, 4) is 28.5 Å². The summed E-state index contributed by atoms with van der Waals surface area (Å²) in [5.74, 6) is -1.04. The number of amides is 1. The second-order valence-electron chi connectivity index (χ2n) is 10.2. The Bertz CT molecular complexity index is 2050. The molecule has 1 amide bonds. The maximum absolute atomic E-state index is 13.2. The maximum Gasteiger partial charge on any atom is 0.439 e. The quantitative estimate of drug-likeness (QED) is 0.158. The molecule has 0 unspecified atom stereocenters. The highest BCUT2D eigenvalue weighted by Crippen LogP contribution is 2.30. The number of aromatic amines is 1. The van der Waals surface area contributed by atoms with Crippen LogP contribution in [0.15, 0.2) is 82.4 Å². The SMILES string of the molecule is CCOc1nc2cccc(C(=O)OCOC(=O)NCc3ccn(C)c3)c2n1Cc1ccc(-c2cc#ccc2-c2noc(=O)[nH]2)cc1. The van der Waals surface area contributed by atoms with E-state index in [1.165, 1.54) is 0 Å². The van der Waals surface area contributed by atoms with Gasteiger partial charge in [-0.15, -0.1) is 0 Å². The van der Waals surface area contributed by atoms with E-state index in [1.54, 1.807) is 34.9 Å². The largest absolute Gasteiger partial charge is 0.465 e. The fourth-order valence-electron chi connectivity index (χ4n) is 4.96. The zero-order valence-electron chi connectivity index (χ0n) is 24.9. The third-order valence-corrected chi connectivity index (χ3v) is 7.04. The molecule has 0 spiro atoms. The van der Waals surface area contributed by atoms with Crippen LogP contribution >= 0.6 is 0 Å². The first-order chi connectivity index (χ1) is 22.4. The van der Waals surface area contributed by atoms with E-state index in [1.807, 2.05) is 61.3 Å². The summed E-state index contributed by atoms with van der Waals surface area (Å²) >= 11 is 0. The number of imidazole rings is 1. The molecular formula is C33H28N6O7. The normalized spacial score (nSPS) is 10.8. The molecule has 2 N–H and O–H groups in total. The lowest BCUT2D eigenvalue weighted by atomic mass is 9.99. The number of rotatable bonds is 11. The van der Waals surface area contributed by atoms with E-state index in [4.69, 9.17) is 14.2 Å². The number of para-hydroxylation sites is 1. The Kier molecular flexibility index (Phi) is 8.51. The van der Waals surface area contributed by atoms with Gasteiger partial charge >= 0.3 is 17.8 Å². The molecule has 0 saturated carbocycles. The molecule has 46 heavy (non-hydrogen) atoms. The highest BCUT2D eigenvalue weighted by Gasteiger charge is 2.21. The summed E-state index contributed by atoms with van der Waals surface area (Å²) in [5, 5.41) is 6.41. The lowest BCUT2D eigenvalue weighted by Crippen LogP contribution is -2.25. The maximum atomic E-state index is 13.2. The van der Waals surface area contributed by atoms with Crippen LogP contribution in [0.1, 0.15) is 28.4 Å². The highest BCUT2D eigenvalue weighted by molar-refractivity contribution is 6.02. The molecule has 0 bridgehead atoms. The van der Waals surface area contributed by atoms with Crippen molar-refractivity contribution in [3.05, 3.63) is 112 Å². The van der Waals surface area contributed by atoms with Gasteiger partial charge in [0.15, 0.2) is 5.82 Å². The first-order valence-corrected chi connectivity index (χ1v) is 14.3. The van der Waals surface area contributed by atoms with Crippen molar-refractivity contribution < 1.29 is 28.3 Å². The third-order valence-electron chi connectivity index (χ3n) is 7.04. The number of ether oxygens (including phenoxy) is 3. The number of carbonyl (C=O) groups excluding carboxylic acids is 2. The van der Waals surface area contributed by atoms with Crippen LogP contribution < -0.4 is 15.8 Å². The molecule has 6 rings (SSSR count). The van der Waals surface area contributed by atoms with Crippen LogP contribution in [0.25, 0.3) is 33.5 Å². The predicted molar refractivity (Wildman–Crippen MR) is 165 cm³/mol. The second-order valence-corrected chi connectivity index (χ2v) is 10.2. The Hall–Kier alpha value is -6.29. The molecule has 3 aromatic carbocycles. The molecule has 0 aliphatic heterocycles. The van der Waals surface area contributed by atoms with Gasteiger partial charge in [-0.2, -0.15) is 4.98 Å². The fourth-order valence-corrected chi connectivity index (χ4v) is 4.96. The van der Waals surface area contributed by atoms with Crippen molar-refractivity contribution in [2.75, 3.05) is 13.4 Å². The number of aryl methyl sites for hydroxylation is 1. The summed E-state index contributed by atoms with van der Waals surface area (Å²) in [6.45, 7) is 2.25. The number of nitrogens with zero attached hydrogens (tertiary/aromatic N) is 4. The number of nitrogens with one attached hydrogen (secondary N) is 2. The number of H-pyrrole nitrogens is 1. The average molecular weight is 621 g/mol. The van der Waals surface area contributed by atoms with Gasteiger partial charge in [-0.3, -0.25) is 14.1 Å². The van der Waals surface area contributed by atoms with Gasteiger partial charge in [0.2, 0.25) is 6.79 Å². The minimum Gasteiger partial charge on any atom is -0.465 e. The van der Waals surface area contributed by atoms with Crippen molar-refractivity contribution in [2.45, 2.75) is 20.0 Å². The summed E-state index contributed by atoms with van der Waals surface area (Å²) in [4.78, 5) is 44.0. The van der Waals surface area contributed by atoms with E-state index >= 15 is 0 Å². The number of hydrogen-bond donors (Lipinski definition) is 2. The molecule has 3 aromatic heterocycles. The summed E-state index contributed by atoms with van der Waals surface area (Å²) in [5.41, 5.74) is 5.36. The zero-order chi connectivity index (χ0) is 32.0. The minimum atomic E-state index is -0.713. The van der Waals surface area contributed by atoms with Gasteiger partial charge in [0.05, 0.1) is 29.7 Å². The number of hydrogen-bond acceptors (Lipinski definition) is 9. The molecule has 0 atom stereocenters. The van der Waals surface area contributed by atoms with E-state index in [0.29, 0.717) is 35.8 Å². The topological polar surface area (TPSA) is 156 Å². The lowest BCUT2D eigenvalue weighted by Gasteiger charge is -2.13. The number of alkyl carbamates (subject to hydrolysis) is 1. The van der Waals surface area contributed by atoms with Crippen LogP contribution in [0.2, 0.25) is 0 Å². The molecule has 0 aliphatic carbocycles. The standard InChI is InChI=1S/C33H28N6O7/c1-3-43-31-35-27-10-6-9-26(30(40)44-20-45-32(41)34-17-22-15-16-38(2)18-22)28(27)39(31)19-21-11-13-23(14-12-21)24-7-4-5-8-25(24)29-36-33(42)46-37-29/h6-16,18H,3,17,19-20H2,1-2H3,(H,34,41)(H,36,37,42). The molecule has 0 radical (unpaired) electrons. The molecule has 3 heterocycles. The number of fused-ring (bicyclic) bond motifs is 1. The van der Waals surface area contributed by atoms with Crippen molar-refractivity contribution >= 4 is 23.1 Å². The molecular weight excluding hydrogens is 592 g/mol. The smallest absolute Gasteiger partial charge is 0.439 e. The van der Waals surface area contributed by atoms with Gasteiger partial charge in [0.1, 0.15) is 0 Å². The van der Waals surface area contributed by atoms with Crippen molar-refractivity contribution in [1.82, 2.24) is 29.6 Å². The van der Waals surface area contributed by atoms with E-state index in [9.17, 15) is 14.4 Å². The first-order valence-electron chi connectivity index (χ1n) is 14.3. The van der Waals surface area contributed by atoms with Crippen molar-refractivity contribution in [3.63, 3.8) is 0 Å². The van der Waals surface area contributed by atoms with E-state index < -0.39 is 24.6 Å². The Morgan fingerprint density at radius 2 is 1.83 bits per heavy atom. The third kappa shape index (κ3) is 6.46. The Morgan fingerprint density at radius 1 is 1.02 bits per heavy atom. The Labute approximate surface area is 262 Å². The molecule has 0 saturated heterocycles. The van der Waals surface area contributed by atoms with E-state index in [0.717, 1.165) is 22.3 Å². The summed E-state index contributed by atoms with van der Waals surface area (Å²) in [6, 6.07) is 24.3. The van der Waals surface area contributed by atoms with Gasteiger partial charge in [-0.1, -0.05) is 47.6 Å². The molecule has 6 aromatic rings. The van der Waals surface area contributed by atoms with Gasteiger partial charge in [-0.05, 0) is 47.9 Å². The highest BCUT2D eigenvalue weighted by atomic mass is 16.7. The Balaban J connectivity index is 1.20. The number of esters is 1. The van der Waals surface area contributed by atoms with Gasteiger partial charge in [0.25, 0.3) is 6.01 Å².